The molecule has 0 aliphatic rings. The van der Waals surface area contributed by atoms with E-state index in [4.69, 9.17) is 0 Å². The molecule has 72 valence electrons. The van der Waals surface area contributed by atoms with Gasteiger partial charge in [-0.3, -0.25) is 0 Å². The highest BCUT2D eigenvalue weighted by Crippen LogP contribution is 1.91. The minimum atomic E-state index is 0.718. The lowest BCUT2D eigenvalue weighted by Crippen LogP contribution is -1.73. The van der Waals surface area contributed by atoms with E-state index in [9.17, 15) is 0 Å². The van der Waals surface area contributed by atoms with Crippen molar-refractivity contribution in [3.63, 3.8) is 0 Å². The Balaban J connectivity index is 0. The summed E-state index contributed by atoms with van der Waals surface area (Å²) in [6.45, 7) is 12.7. The fraction of sp³-hybridized carbons (Fsp3) is 0.667. The second kappa shape index (κ2) is 10.5. The Hall–Kier alpha value is -0.520. The Morgan fingerprint density at radius 1 is 0.667 bits per heavy atom. The zero-order valence-electron chi connectivity index (χ0n) is 9.46. The van der Waals surface area contributed by atoms with E-state index in [1.54, 1.807) is 0 Å². The highest BCUT2D eigenvalue weighted by Gasteiger charge is 1.76. The molecule has 0 aromatic rings. The largest absolute Gasteiger partial charge is 0.0914 e. The van der Waals surface area contributed by atoms with Gasteiger partial charge in [0.1, 0.15) is 0 Å². The Labute approximate surface area is 78.4 Å². The molecule has 12 heavy (non-hydrogen) atoms. The molecule has 0 aromatic heterocycles. The molecule has 0 spiro atoms. The van der Waals surface area contributed by atoms with E-state index >= 15 is 0 Å². The predicted octanol–water partition coefficient (Wildman–Crippen LogP) is 4.44. The summed E-state index contributed by atoms with van der Waals surface area (Å²) in [4.78, 5) is 0. The third-order valence-corrected chi connectivity index (χ3v) is 1.15. The van der Waals surface area contributed by atoms with E-state index in [0.29, 0.717) is 0 Å². The summed E-state index contributed by atoms with van der Waals surface area (Å²) in [7, 11) is 0. The maximum Gasteiger partial charge on any atom is -0.0291 e. The molecule has 0 N–H and O–H groups in total. The van der Waals surface area contributed by atoms with Crippen molar-refractivity contribution >= 4 is 0 Å². The summed E-state index contributed by atoms with van der Waals surface area (Å²) in [5.74, 6) is 1.44. The lowest BCUT2D eigenvalue weighted by atomic mass is 10.2. The van der Waals surface area contributed by atoms with Crippen LogP contribution in [-0.4, -0.2) is 0 Å². The smallest absolute Gasteiger partial charge is 0.0291 e. The first kappa shape index (κ1) is 14.0. The average Bonchev–Trinajstić information content (AvgIpc) is 1.87. The van der Waals surface area contributed by atoms with E-state index in [0.717, 1.165) is 11.8 Å². The van der Waals surface area contributed by atoms with Crippen LogP contribution in [0.1, 0.15) is 41.5 Å². The quantitative estimate of drug-likeness (QED) is 0.535. The zero-order valence-corrected chi connectivity index (χ0v) is 9.46. The van der Waals surface area contributed by atoms with Gasteiger partial charge in [0, 0.05) is 0 Å². The number of rotatable bonds is 2. The zero-order chi connectivity index (χ0) is 9.98. The van der Waals surface area contributed by atoms with Crippen LogP contribution in [0.25, 0.3) is 0 Å². The number of hydrogen-bond donors (Lipinski definition) is 0. The topological polar surface area (TPSA) is 0 Å². The summed E-state index contributed by atoms with van der Waals surface area (Å²) in [5.41, 5.74) is 0. The van der Waals surface area contributed by atoms with E-state index in [2.05, 4.69) is 52.0 Å². The first-order chi connectivity index (χ1) is 5.54. The standard InChI is InChI=1S/2C6H12/c2*1-4-5-6(2)3/h2*4-6H,1-3H3/b5-4+;5-4-. The minimum Gasteiger partial charge on any atom is -0.0914 e. The second-order valence-corrected chi connectivity index (χ2v) is 3.54. The molecule has 0 bridgehead atoms. The first-order valence-electron chi connectivity index (χ1n) is 4.80. The molecule has 0 amide bonds. The molecule has 0 saturated heterocycles. The normalized spacial score (nSPS) is 11.3. The maximum absolute atomic E-state index is 2.17. The van der Waals surface area contributed by atoms with E-state index in [1.807, 2.05) is 13.8 Å². The molecule has 0 fully saturated rings. The van der Waals surface area contributed by atoms with Crippen molar-refractivity contribution in [2.45, 2.75) is 41.5 Å². The van der Waals surface area contributed by atoms with Gasteiger partial charge >= 0.3 is 0 Å². The van der Waals surface area contributed by atoms with Crippen LogP contribution in [0, 0.1) is 11.8 Å². The van der Waals surface area contributed by atoms with Crippen molar-refractivity contribution < 1.29 is 0 Å². The summed E-state index contributed by atoms with van der Waals surface area (Å²) in [5, 5.41) is 0. The molecule has 0 nitrogen and oxygen atoms in total. The van der Waals surface area contributed by atoms with Crippen LogP contribution >= 0.6 is 0 Å². The van der Waals surface area contributed by atoms with Crippen LogP contribution in [-0.2, 0) is 0 Å². The third kappa shape index (κ3) is 22.7. The predicted molar refractivity (Wildman–Crippen MR) is 59.3 cm³/mol. The van der Waals surface area contributed by atoms with Crippen molar-refractivity contribution in [3.05, 3.63) is 24.3 Å². The third-order valence-electron chi connectivity index (χ3n) is 1.15. The molecule has 0 heteroatoms. The molecule has 0 aliphatic carbocycles. The molecule has 0 radical (unpaired) electrons. The Morgan fingerprint density at radius 3 is 0.917 bits per heavy atom. The van der Waals surface area contributed by atoms with Gasteiger partial charge < -0.3 is 0 Å². The molecular weight excluding hydrogens is 144 g/mol. The minimum absolute atomic E-state index is 0.718. The summed E-state index contributed by atoms with van der Waals surface area (Å²) < 4.78 is 0. The SMILES string of the molecule is C/C=C/C(C)C.C/C=C\C(C)C. The van der Waals surface area contributed by atoms with Crippen molar-refractivity contribution in [2.75, 3.05) is 0 Å². The second-order valence-electron chi connectivity index (χ2n) is 3.54. The van der Waals surface area contributed by atoms with Crippen molar-refractivity contribution in [1.82, 2.24) is 0 Å². The van der Waals surface area contributed by atoms with Gasteiger partial charge in [0.05, 0.1) is 0 Å². The number of hydrogen-bond acceptors (Lipinski definition) is 0. The summed E-state index contributed by atoms with van der Waals surface area (Å²) in [6, 6.07) is 0. The Bertz CT molecular complexity index is 100. The van der Waals surface area contributed by atoms with Gasteiger partial charge in [0.2, 0.25) is 0 Å². The van der Waals surface area contributed by atoms with Gasteiger partial charge in [0.15, 0.2) is 0 Å². The fourth-order valence-electron chi connectivity index (χ4n) is 0.770. The van der Waals surface area contributed by atoms with Crippen LogP contribution < -0.4 is 0 Å². The fourth-order valence-corrected chi connectivity index (χ4v) is 0.770. The highest BCUT2D eigenvalue weighted by atomic mass is 13.8. The van der Waals surface area contributed by atoms with Crippen LogP contribution in [0.15, 0.2) is 24.3 Å². The van der Waals surface area contributed by atoms with Crippen molar-refractivity contribution in [3.8, 4) is 0 Å². The molecule has 0 rings (SSSR count). The monoisotopic (exact) mass is 168 g/mol. The highest BCUT2D eigenvalue weighted by molar-refractivity contribution is 4.79. The van der Waals surface area contributed by atoms with Crippen molar-refractivity contribution in [2.24, 2.45) is 11.8 Å². The summed E-state index contributed by atoms with van der Waals surface area (Å²) >= 11 is 0. The van der Waals surface area contributed by atoms with Gasteiger partial charge in [-0.2, -0.15) is 0 Å². The van der Waals surface area contributed by atoms with Crippen LogP contribution in [0.5, 0.6) is 0 Å². The Kier molecular flexibility index (Phi) is 12.3. The average molecular weight is 168 g/mol. The molecule has 0 aliphatic heterocycles. The van der Waals surface area contributed by atoms with Gasteiger partial charge in [-0.05, 0) is 25.7 Å². The van der Waals surface area contributed by atoms with Gasteiger partial charge in [-0.15, -0.1) is 0 Å². The number of allylic oxidation sites excluding steroid dienone is 4. The first-order valence-corrected chi connectivity index (χ1v) is 4.80. The van der Waals surface area contributed by atoms with Gasteiger partial charge in [0.25, 0.3) is 0 Å². The maximum atomic E-state index is 2.17. The molecule has 0 unspecified atom stereocenters. The molecule has 0 atom stereocenters. The van der Waals surface area contributed by atoms with Crippen LogP contribution in [0.2, 0.25) is 0 Å². The lowest BCUT2D eigenvalue weighted by molar-refractivity contribution is 0.830. The molecule has 0 saturated carbocycles. The lowest BCUT2D eigenvalue weighted by Gasteiger charge is -1.86. The molecular formula is C12H24. The molecule has 0 aromatic carbocycles. The van der Waals surface area contributed by atoms with E-state index in [-0.39, 0.29) is 0 Å². The van der Waals surface area contributed by atoms with E-state index in [1.165, 1.54) is 0 Å². The van der Waals surface area contributed by atoms with Gasteiger partial charge in [-0.1, -0.05) is 52.0 Å². The van der Waals surface area contributed by atoms with Gasteiger partial charge in [-0.25, -0.2) is 0 Å². The van der Waals surface area contributed by atoms with Crippen molar-refractivity contribution in [1.29, 1.82) is 0 Å². The summed E-state index contributed by atoms with van der Waals surface area (Å²) in [6.07, 6.45) is 8.48. The van der Waals surface area contributed by atoms with Crippen LogP contribution in [0.3, 0.4) is 0 Å². The van der Waals surface area contributed by atoms with Crippen LogP contribution in [0.4, 0.5) is 0 Å². The van der Waals surface area contributed by atoms with E-state index < -0.39 is 0 Å². The Morgan fingerprint density at radius 2 is 0.917 bits per heavy atom. The molecule has 0 heterocycles.